The summed E-state index contributed by atoms with van der Waals surface area (Å²) >= 11 is 0. The first-order chi connectivity index (χ1) is 9.68. The van der Waals surface area contributed by atoms with Gasteiger partial charge in [-0.05, 0) is 20.3 Å². The number of nitrogens with two attached hydrogens (primary N) is 1. The molecule has 0 aromatic heterocycles. The molecule has 0 aliphatic carbocycles. The minimum atomic E-state index is -2.13. The third-order valence-electron chi connectivity index (χ3n) is 2.73. The Balaban J connectivity index is 4.27. The van der Waals surface area contributed by atoms with Crippen molar-refractivity contribution in [2.24, 2.45) is 5.73 Å². The molecular weight excluding hydrogens is 301 g/mol. The van der Waals surface area contributed by atoms with Crippen LogP contribution in [0.15, 0.2) is 0 Å². The molecule has 0 fully saturated rings. The van der Waals surface area contributed by atoms with Crippen LogP contribution in [0.4, 0.5) is 0 Å². The van der Waals surface area contributed by atoms with E-state index < -0.39 is 50.1 Å². The number of aliphatic carboxylic acids is 1. The normalized spacial score (nSPS) is 16.4. The van der Waals surface area contributed by atoms with Crippen LogP contribution in [0.5, 0.6) is 0 Å². The molecular formula is C11H22N3O6P. The number of hydrogen-bond donors (Lipinski definition) is 5. The van der Waals surface area contributed by atoms with Crippen LogP contribution in [0.25, 0.3) is 0 Å². The Morgan fingerprint density at radius 3 is 2.14 bits per heavy atom. The smallest absolute Gasteiger partial charge is 0.325 e. The second-order valence-electron chi connectivity index (χ2n) is 4.64. The molecule has 0 aromatic carbocycles. The van der Waals surface area contributed by atoms with Crippen molar-refractivity contribution in [3.8, 4) is 0 Å². The molecule has 4 atom stereocenters. The zero-order valence-corrected chi connectivity index (χ0v) is 13.0. The number of rotatable bonds is 9. The fourth-order valence-corrected chi connectivity index (χ4v) is 2.10. The van der Waals surface area contributed by atoms with Gasteiger partial charge in [-0.2, -0.15) is 0 Å². The van der Waals surface area contributed by atoms with E-state index in [2.05, 4.69) is 10.6 Å². The van der Waals surface area contributed by atoms with Gasteiger partial charge >= 0.3 is 5.97 Å². The van der Waals surface area contributed by atoms with E-state index in [1.165, 1.54) is 13.8 Å². The topological polar surface area (TPSA) is 159 Å². The van der Waals surface area contributed by atoms with Crippen molar-refractivity contribution in [3.05, 3.63) is 0 Å². The first-order valence-electron chi connectivity index (χ1n) is 6.40. The monoisotopic (exact) mass is 323 g/mol. The highest BCUT2D eigenvalue weighted by molar-refractivity contribution is 7.44. The van der Waals surface area contributed by atoms with Gasteiger partial charge in [0, 0.05) is 6.16 Å². The van der Waals surface area contributed by atoms with Crippen LogP contribution in [0.3, 0.4) is 0 Å². The molecule has 0 rings (SSSR count). The molecule has 0 saturated carbocycles. The Hall–Kier alpha value is -1.44. The van der Waals surface area contributed by atoms with Crippen molar-refractivity contribution in [3.63, 3.8) is 0 Å². The van der Waals surface area contributed by atoms with Crippen molar-refractivity contribution in [1.29, 1.82) is 0 Å². The van der Waals surface area contributed by atoms with Crippen LogP contribution in [0.2, 0.25) is 0 Å². The summed E-state index contributed by atoms with van der Waals surface area (Å²) in [6.07, 6.45) is -0.151. The molecule has 0 aliphatic rings. The lowest BCUT2D eigenvalue weighted by molar-refractivity contribution is -0.141. The van der Waals surface area contributed by atoms with Gasteiger partial charge in [0.1, 0.15) is 19.9 Å². The van der Waals surface area contributed by atoms with E-state index >= 15 is 0 Å². The lowest BCUT2D eigenvalue weighted by Crippen LogP contribution is -2.52. The second kappa shape index (κ2) is 9.49. The first-order valence-corrected chi connectivity index (χ1v) is 8.23. The molecule has 0 radical (unpaired) electrons. The first kappa shape index (κ1) is 19.6. The standard InChI is InChI=1S/C11H22N3O6P/c1-6(9(16)14-7(2)11(18)19)13-10(17)8(12)3-4-21(20)5-15/h6-8,15,21H,3-5,12H2,1-2H3,(H,13,17)(H,14,16)(H,18,19)/t6-,7-,8?/m0/s1. The summed E-state index contributed by atoms with van der Waals surface area (Å²) < 4.78 is 11.1. The van der Waals surface area contributed by atoms with E-state index in [1.807, 2.05) is 0 Å². The van der Waals surface area contributed by atoms with E-state index in [-0.39, 0.29) is 12.6 Å². The van der Waals surface area contributed by atoms with Crippen LogP contribution >= 0.6 is 7.80 Å². The molecule has 0 aromatic rings. The molecule has 0 spiro atoms. The van der Waals surface area contributed by atoms with Gasteiger partial charge < -0.3 is 31.1 Å². The largest absolute Gasteiger partial charge is 0.480 e. The van der Waals surface area contributed by atoms with Gasteiger partial charge in [-0.3, -0.25) is 14.4 Å². The van der Waals surface area contributed by atoms with Gasteiger partial charge in [-0.25, -0.2) is 0 Å². The number of hydrogen-bond acceptors (Lipinski definition) is 6. The summed E-state index contributed by atoms with van der Waals surface area (Å²) in [5, 5.41) is 21.8. The summed E-state index contributed by atoms with van der Waals surface area (Å²) in [7, 11) is -2.13. The summed E-state index contributed by atoms with van der Waals surface area (Å²) in [5.74, 6) is -2.43. The Labute approximate surface area is 123 Å². The number of carbonyl (C=O) groups is 3. The Morgan fingerprint density at radius 2 is 1.67 bits per heavy atom. The average Bonchev–Trinajstić information content (AvgIpc) is 2.43. The molecule has 9 nitrogen and oxygen atoms in total. The predicted molar refractivity (Wildman–Crippen MR) is 76.4 cm³/mol. The molecule has 10 heteroatoms. The summed E-state index contributed by atoms with van der Waals surface area (Å²) in [5.41, 5.74) is 5.58. The van der Waals surface area contributed by atoms with Crippen LogP contribution < -0.4 is 16.4 Å². The van der Waals surface area contributed by atoms with E-state index in [1.54, 1.807) is 0 Å². The molecule has 0 aliphatic heterocycles. The molecule has 0 bridgehead atoms. The highest BCUT2D eigenvalue weighted by Gasteiger charge is 2.22. The Kier molecular flexibility index (Phi) is 8.84. The van der Waals surface area contributed by atoms with Crippen molar-refractivity contribution in [1.82, 2.24) is 10.6 Å². The van der Waals surface area contributed by atoms with Gasteiger partial charge in [-0.15, -0.1) is 0 Å². The quantitative estimate of drug-likeness (QED) is 0.316. The Morgan fingerprint density at radius 1 is 1.14 bits per heavy atom. The van der Waals surface area contributed by atoms with Crippen LogP contribution in [-0.4, -0.2) is 58.6 Å². The summed E-state index contributed by atoms with van der Waals surface area (Å²) in [4.78, 5) is 33.9. The van der Waals surface area contributed by atoms with Gasteiger partial charge in [0.15, 0.2) is 0 Å². The highest BCUT2D eigenvalue weighted by Crippen LogP contribution is 2.19. The number of aliphatic hydroxyl groups excluding tert-OH is 1. The number of aliphatic hydroxyl groups is 1. The molecule has 0 heterocycles. The van der Waals surface area contributed by atoms with Crippen LogP contribution in [0.1, 0.15) is 20.3 Å². The van der Waals surface area contributed by atoms with Crippen LogP contribution in [0, 0.1) is 0 Å². The highest BCUT2D eigenvalue weighted by atomic mass is 31.1. The van der Waals surface area contributed by atoms with E-state index in [9.17, 15) is 18.9 Å². The second-order valence-corrected chi connectivity index (χ2v) is 6.53. The zero-order valence-electron chi connectivity index (χ0n) is 12.0. The van der Waals surface area contributed by atoms with Crippen molar-refractivity contribution in [2.75, 3.05) is 12.5 Å². The third-order valence-corrected chi connectivity index (χ3v) is 3.93. The molecule has 21 heavy (non-hydrogen) atoms. The lowest BCUT2D eigenvalue weighted by atomic mass is 10.2. The Bertz CT molecular complexity index is 417. The third kappa shape index (κ3) is 7.79. The number of nitrogens with one attached hydrogen (secondary N) is 2. The zero-order chi connectivity index (χ0) is 16.6. The van der Waals surface area contributed by atoms with Crippen molar-refractivity contribution < 1.29 is 29.2 Å². The fourth-order valence-electron chi connectivity index (χ4n) is 1.31. The summed E-state index contributed by atoms with van der Waals surface area (Å²) in [6, 6.07) is -2.96. The predicted octanol–water partition coefficient (Wildman–Crippen LogP) is -1.69. The molecule has 122 valence electrons. The van der Waals surface area contributed by atoms with Crippen molar-refractivity contribution >= 4 is 25.6 Å². The number of carboxylic acids is 1. The van der Waals surface area contributed by atoms with E-state index in [0.717, 1.165) is 0 Å². The molecule has 2 amide bonds. The fraction of sp³-hybridized carbons (Fsp3) is 0.727. The van der Waals surface area contributed by atoms with E-state index in [0.29, 0.717) is 0 Å². The SMILES string of the molecule is C[C@H](NC(=O)[C@H](C)NC(=O)C(N)CC[PH](=O)CO)C(=O)O. The average molecular weight is 323 g/mol. The van der Waals surface area contributed by atoms with Crippen molar-refractivity contribution in [2.45, 2.75) is 38.4 Å². The number of carboxylic acid groups (broad SMARTS) is 1. The minimum Gasteiger partial charge on any atom is -0.480 e. The maximum Gasteiger partial charge on any atom is 0.325 e. The maximum absolute atomic E-state index is 11.7. The minimum absolute atomic E-state index is 0.129. The summed E-state index contributed by atoms with van der Waals surface area (Å²) in [6.45, 7) is 2.69. The maximum atomic E-state index is 11.7. The van der Waals surface area contributed by atoms with Crippen LogP contribution in [-0.2, 0) is 18.9 Å². The molecule has 2 unspecified atom stereocenters. The van der Waals surface area contributed by atoms with Gasteiger partial charge in [-0.1, -0.05) is 0 Å². The number of carbonyl (C=O) groups excluding carboxylic acids is 2. The van der Waals surface area contributed by atoms with Gasteiger partial charge in [0.05, 0.1) is 12.4 Å². The van der Waals surface area contributed by atoms with E-state index in [4.69, 9.17) is 15.9 Å². The lowest BCUT2D eigenvalue weighted by Gasteiger charge is -2.18. The van der Waals surface area contributed by atoms with Gasteiger partial charge in [0.2, 0.25) is 11.8 Å². The number of amides is 2. The van der Waals surface area contributed by atoms with Gasteiger partial charge in [0.25, 0.3) is 0 Å². The molecule has 0 saturated heterocycles. The molecule has 6 N–H and O–H groups in total.